The van der Waals surface area contributed by atoms with Crippen LogP contribution in [-0.4, -0.2) is 0 Å². The van der Waals surface area contributed by atoms with Crippen LogP contribution >= 0.6 is 0 Å². The van der Waals surface area contributed by atoms with Gasteiger partial charge in [0.1, 0.15) is 0 Å². The summed E-state index contributed by atoms with van der Waals surface area (Å²) in [5, 5.41) is 0. The van der Waals surface area contributed by atoms with Crippen molar-refractivity contribution in [2.45, 2.75) is 99.3 Å². The van der Waals surface area contributed by atoms with Crippen LogP contribution in [0.15, 0.2) is 23.8 Å². The van der Waals surface area contributed by atoms with E-state index in [2.05, 4.69) is 59.8 Å². The third-order valence-electron chi connectivity index (χ3n) is 10.5. The maximum atomic E-state index is 2.73. The molecule has 0 amide bonds. The molecule has 0 heterocycles. The SMILES string of the molecule is CC(C)[C@H](C)/C=C/[C@@H](C)[C@H]1CC[C@H]2[C@@H]3CC=C4CCCC[C@]4(C)[C@H]3CC[C@]12C. The van der Waals surface area contributed by atoms with Gasteiger partial charge in [-0.05, 0) is 104 Å². The van der Waals surface area contributed by atoms with Gasteiger partial charge in [0.15, 0.2) is 0 Å². The zero-order valence-electron chi connectivity index (χ0n) is 19.6. The minimum absolute atomic E-state index is 0.554. The van der Waals surface area contributed by atoms with Crippen LogP contribution in [0.25, 0.3) is 0 Å². The molecular formula is C28H46. The second kappa shape index (κ2) is 7.63. The fourth-order valence-corrected chi connectivity index (χ4v) is 8.31. The largest absolute Gasteiger partial charge is 0.0852 e. The van der Waals surface area contributed by atoms with Crippen LogP contribution in [-0.2, 0) is 0 Å². The highest BCUT2D eigenvalue weighted by atomic mass is 14.6. The highest BCUT2D eigenvalue weighted by Crippen LogP contribution is 2.67. The number of rotatable bonds is 4. The first-order chi connectivity index (χ1) is 13.3. The van der Waals surface area contributed by atoms with Crippen LogP contribution in [0.3, 0.4) is 0 Å². The van der Waals surface area contributed by atoms with Crippen molar-refractivity contribution in [3.8, 4) is 0 Å². The Kier molecular flexibility index (Phi) is 5.65. The van der Waals surface area contributed by atoms with Crippen molar-refractivity contribution in [3.63, 3.8) is 0 Å². The molecule has 0 aromatic heterocycles. The van der Waals surface area contributed by atoms with E-state index in [0.29, 0.717) is 16.7 Å². The highest BCUT2D eigenvalue weighted by molar-refractivity contribution is 5.24. The minimum atomic E-state index is 0.554. The van der Waals surface area contributed by atoms with Gasteiger partial charge in [0.05, 0.1) is 0 Å². The Hall–Kier alpha value is -0.520. The first-order valence-electron chi connectivity index (χ1n) is 12.6. The summed E-state index contributed by atoms with van der Waals surface area (Å²) in [5.74, 6) is 6.04. The molecule has 0 aromatic rings. The summed E-state index contributed by atoms with van der Waals surface area (Å²) in [5.41, 5.74) is 3.00. The summed E-state index contributed by atoms with van der Waals surface area (Å²) in [4.78, 5) is 0. The molecule has 0 spiro atoms. The Bertz CT molecular complexity index is 624. The molecule has 4 aliphatic carbocycles. The molecule has 0 saturated heterocycles. The average molecular weight is 383 g/mol. The molecule has 0 unspecified atom stereocenters. The van der Waals surface area contributed by atoms with E-state index < -0.39 is 0 Å². The van der Waals surface area contributed by atoms with Crippen molar-refractivity contribution >= 4 is 0 Å². The lowest BCUT2D eigenvalue weighted by atomic mass is 9.47. The van der Waals surface area contributed by atoms with Crippen molar-refractivity contribution in [1.29, 1.82) is 0 Å². The van der Waals surface area contributed by atoms with Gasteiger partial charge in [0.25, 0.3) is 0 Å². The van der Waals surface area contributed by atoms with E-state index in [4.69, 9.17) is 0 Å². The standard InChI is InChI=1S/C28H46/c1-19(2)20(3)10-11-21(4)24-14-15-25-23-13-12-22-9-7-8-17-27(22,5)26(23)16-18-28(24,25)6/h10-12,19-21,23-26H,7-9,13-18H2,1-6H3/b11-10+/t20-,21-,23+,24-,25+,26+,27+,28-/m1/s1. The van der Waals surface area contributed by atoms with Crippen LogP contribution in [0.1, 0.15) is 99.3 Å². The molecule has 0 nitrogen and oxygen atoms in total. The Morgan fingerprint density at radius 2 is 1.71 bits per heavy atom. The Labute approximate surface area is 175 Å². The summed E-state index contributed by atoms with van der Waals surface area (Å²) in [6.45, 7) is 15.0. The molecule has 4 rings (SSSR count). The molecule has 3 fully saturated rings. The van der Waals surface area contributed by atoms with Gasteiger partial charge in [0.2, 0.25) is 0 Å². The highest BCUT2D eigenvalue weighted by Gasteiger charge is 2.58. The molecule has 4 aliphatic rings. The zero-order chi connectivity index (χ0) is 20.1. The molecule has 8 atom stereocenters. The monoisotopic (exact) mass is 382 g/mol. The molecule has 158 valence electrons. The van der Waals surface area contributed by atoms with E-state index in [1.54, 1.807) is 0 Å². The van der Waals surface area contributed by atoms with Crippen molar-refractivity contribution in [2.24, 2.45) is 52.3 Å². The minimum Gasteiger partial charge on any atom is -0.0852 e. The molecule has 0 aromatic carbocycles. The second-order valence-electron chi connectivity index (χ2n) is 12.0. The fourth-order valence-electron chi connectivity index (χ4n) is 8.31. The third-order valence-corrected chi connectivity index (χ3v) is 10.5. The lowest BCUT2D eigenvalue weighted by molar-refractivity contribution is -0.0462. The Morgan fingerprint density at radius 3 is 2.46 bits per heavy atom. The van der Waals surface area contributed by atoms with E-state index in [0.717, 1.165) is 35.5 Å². The molecule has 0 heteroatoms. The summed E-state index contributed by atoms with van der Waals surface area (Å²) in [6, 6.07) is 0. The van der Waals surface area contributed by atoms with Crippen LogP contribution in [0, 0.1) is 52.3 Å². The molecule has 28 heavy (non-hydrogen) atoms. The maximum absolute atomic E-state index is 2.73. The van der Waals surface area contributed by atoms with Crippen LogP contribution in [0.2, 0.25) is 0 Å². The summed E-state index contributed by atoms with van der Waals surface area (Å²) in [6.07, 6.45) is 21.0. The average Bonchev–Trinajstić information content (AvgIpc) is 3.02. The van der Waals surface area contributed by atoms with Crippen molar-refractivity contribution in [1.82, 2.24) is 0 Å². The maximum Gasteiger partial charge on any atom is -0.00853 e. The Balaban J connectivity index is 1.53. The van der Waals surface area contributed by atoms with Crippen molar-refractivity contribution in [2.75, 3.05) is 0 Å². The first kappa shape index (κ1) is 20.7. The van der Waals surface area contributed by atoms with Gasteiger partial charge in [-0.15, -0.1) is 0 Å². The normalized spacial score (nSPS) is 45.3. The van der Waals surface area contributed by atoms with Crippen molar-refractivity contribution in [3.05, 3.63) is 23.8 Å². The van der Waals surface area contributed by atoms with E-state index in [1.807, 2.05) is 5.57 Å². The fraction of sp³-hybridized carbons (Fsp3) is 0.857. The van der Waals surface area contributed by atoms with Gasteiger partial charge in [-0.25, -0.2) is 0 Å². The number of hydrogen-bond acceptors (Lipinski definition) is 0. The number of hydrogen-bond donors (Lipinski definition) is 0. The number of allylic oxidation sites excluding steroid dienone is 4. The molecule has 3 saturated carbocycles. The van der Waals surface area contributed by atoms with Crippen molar-refractivity contribution < 1.29 is 0 Å². The van der Waals surface area contributed by atoms with E-state index in [1.165, 1.54) is 57.8 Å². The van der Waals surface area contributed by atoms with Crippen LogP contribution in [0.5, 0.6) is 0 Å². The van der Waals surface area contributed by atoms with Gasteiger partial charge >= 0.3 is 0 Å². The quantitative estimate of drug-likeness (QED) is 0.428. The smallest absolute Gasteiger partial charge is 0.00853 e. The van der Waals surface area contributed by atoms with Gasteiger partial charge in [0, 0.05) is 0 Å². The predicted molar refractivity (Wildman–Crippen MR) is 122 cm³/mol. The zero-order valence-corrected chi connectivity index (χ0v) is 19.6. The molecule has 0 bridgehead atoms. The molecule has 0 aliphatic heterocycles. The van der Waals surface area contributed by atoms with Gasteiger partial charge < -0.3 is 0 Å². The van der Waals surface area contributed by atoms with E-state index >= 15 is 0 Å². The molecular weight excluding hydrogens is 336 g/mol. The topological polar surface area (TPSA) is 0 Å². The van der Waals surface area contributed by atoms with Crippen LogP contribution in [0.4, 0.5) is 0 Å². The predicted octanol–water partition coefficient (Wildman–Crippen LogP) is 8.44. The molecule has 0 radical (unpaired) electrons. The summed E-state index contributed by atoms with van der Waals surface area (Å²) < 4.78 is 0. The second-order valence-corrected chi connectivity index (χ2v) is 12.0. The van der Waals surface area contributed by atoms with Gasteiger partial charge in [-0.3, -0.25) is 0 Å². The van der Waals surface area contributed by atoms with E-state index in [-0.39, 0.29) is 0 Å². The third kappa shape index (κ3) is 3.26. The van der Waals surface area contributed by atoms with Gasteiger partial charge in [-0.2, -0.15) is 0 Å². The molecule has 0 N–H and O–H groups in total. The first-order valence-corrected chi connectivity index (χ1v) is 12.6. The lowest BCUT2D eigenvalue weighted by Gasteiger charge is -2.58. The van der Waals surface area contributed by atoms with Gasteiger partial charge in [-0.1, -0.05) is 71.8 Å². The Morgan fingerprint density at radius 1 is 0.929 bits per heavy atom. The number of fused-ring (bicyclic) bond motifs is 5. The summed E-state index contributed by atoms with van der Waals surface area (Å²) >= 11 is 0. The summed E-state index contributed by atoms with van der Waals surface area (Å²) in [7, 11) is 0. The van der Waals surface area contributed by atoms with Crippen LogP contribution < -0.4 is 0 Å². The lowest BCUT2D eigenvalue weighted by Crippen LogP contribution is -2.49. The van der Waals surface area contributed by atoms with E-state index in [9.17, 15) is 0 Å².